The summed E-state index contributed by atoms with van der Waals surface area (Å²) in [5, 5.41) is 6.64. The van der Waals surface area contributed by atoms with E-state index in [4.69, 9.17) is 0 Å². The van der Waals surface area contributed by atoms with Gasteiger partial charge < -0.3 is 15.5 Å². The highest BCUT2D eigenvalue weighted by atomic mass is 32.2. The van der Waals surface area contributed by atoms with Crippen LogP contribution in [0, 0.1) is 6.92 Å². The SMILES string of the molecule is CN=C(NCc1ccc(S(C)(=O)=O)c(C)c1)NCC1CCCN1C. The zero-order valence-corrected chi connectivity index (χ0v) is 15.8. The van der Waals surface area contributed by atoms with E-state index in [2.05, 4.69) is 27.6 Å². The van der Waals surface area contributed by atoms with Crippen LogP contribution in [0.3, 0.4) is 0 Å². The molecule has 1 unspecified atom stereocenters. The van der Waals surface area contributed by atoms with E-state index in [0.29, 0.717) is 17.5 Å². The quantitative estimate of drug-likeness (QED) is 0.614. The average molecular weight is 353 g/mol. The Bertz CT molecular complexity index is 701. The number of rotatable bonds is 5. The number of sulfone groups is 1. The first kappa shape index (κ1) is 18.7. The van der Waals surface area contributed by atoms with E-state index < -0.39 is 9.84 Å². The Morgan fingerprint density at radius 1 is 1.38 bits per heavy atom. The van der Waals surface area contributed by atoms with Crippen molar-refractivity contribution in [3.05, 3.63) is 29.3 Å². The molecule has 2 N–H and O–H groups in total. The van der Waals surface area contributed by atoms with Gasteiger partial charge in [-0.25, -0.2) is 8.42 Å². The first-order valence-corrected chi connectivity index (χ1v) is 10.1. The Kier molecular flexibility index (Phi) is 6.23. The number of likely N-dealkylation sites (N-methyl/N-ethyl adjacent to an activating group) is 1. The first-order valence-electron chi connectivity index (χ1n) is 8.25. The van der Waals surface area contributed by atoms with E-state index in [1.165, 1.54) is 19.1 Å². The van der Waals surface area contributed by atoms with Crippen LogP contribution in [-0.4, -0.2) is 58.8 Å². The fourth-order valence-electron chi connectivity index (χ4n) is 3.10. The minimum Gasteiger partial charge on any atom is -0.355 e. The summed E-state index contributed by atoms with van der Waals surface area (Å²) in [6, 6.07) is 5.97. The van der Waals surface area contributed by atoms with Crippen molar-refractivity contribution in [1.29, 1.82) is 0 Å². The molecule has 1 aliphatic rings. The zero-order chi connectivity index (χ0) is 17.7. The summed E-state index contributed by atoms with van der Waals surface area (Å²) in [5.74, 6) is 0.764. The van der Waals surface area contributed by atoms with Crippen molar-refractivity contribution in [2.75, 3.05) is 33.4 Å². The van der Waals surface area contributed by atoms with Gasteiger partial charge in [0, 0.05) is 32.4 Å². The van der Waals surface area contributed by atoms with Gasteiger partial charge in [-0.15, -0.1) is 0 Å². The second-order valence-corrected chi connectivity index (χ2v) is 8.44. The van der Waals surface area contributed by atoms with Crippen molar-refractivity contribution in [3.63, 3.8) is 0 Å². The molecule has 7 heteroatoms. The standard InChI is InChI=1S/C17H28N4O2S/c1-13-10-14(7-8-16(13)24(4,22)23)11-19-17(18-2)20-12-15-6-5-9-21(15)3/h7-8,10,15H,5-6,9,11-12H2,1-4H3,(H2,18,19,20). The molecule has 0 spiro atoms. The first-order chi connectivity index (χ1) is 11.3. The second kappa shape index (κ2) is 7.98. The fourth-order valence-corrected chi connectivity index (χ4v) is 4.05. The highest BCUT2D eigenvalue weighted by Crippen LogP contribution is 2.16. The molecule has 1 aliphatic heterocycles. The third kappa shape index (κ3) is 4.95. The fraction of sp³-hybridized carbons (Fsp3) is 0.588. The summed E-state index contributed by atoms with van der Waals surface area (Å²) in [6.45, 7) is 4.46. The zero-order valence-electron chi connectivity index (χ0n) is 15.0. The molecule has 1 heterocycles. The number of hydrogen-bond acceptors (Lipinski definition) is 4. The maximum Gasteiger partial charge on any atom is 0.191 e. The van der Waals surface area contributed by atoms with Crippen LogP contribution in [0.2, 0.25) is 0 Å². The number of hydrogen-bond donors (Lipinski definition) is 2. The van der Waals surface area contributed by atoms with Crippen LogP contribution in [0.15, 0.2) is 28.1 Å². The summed E-state index contributed by atoms with van der Waals surface area (Å²) in [5.41, 5.74) is 1.80. The number of aliphatic imine (C=N–C) groups is 1. The van der Waals surface area contributed by atoms with Crippen molar-refractivity contribution >= 4 is 15.8 Å². The Labute approximate surface area is 145 Å². The van der Waals surface area contributed by atoms with Gasteiger partial charge in [-0.2, -0.15) is 0 Å². The molecule has 0 bridgehead atoms. The summed E-state index contributed by atoms with van der Waals surface area (Å²) < 4.78 is 23.3. The van der Waals surface area contributed by atoms with Gasteiger partial charge in [0.1, 0.15) is 0 Å². The molecule has 6 nitrogen and oxygen atoms in total. The molecular formula is C17H28N4O2S. The summed E-state index contributed by atoms with van der Waals surface area (Å²) >= 11 is 0. The van der Waals surface area contributed by atoms with Crippen LogP contribution in [0.5, 0.6) is 0 Å². The van der Waals surface area contributed by atoms with Crippen molar-refractivity contribution in [2.24, 2.45) is 4.99 Å². The Morgan fingerprint density at radius 3 is 2.67 bits per heavy atom. The van der Waals surface area contributed by atoms with Crippen LogP contribution in [0.25, 0.3) is 0 Å². The number of nitrogens with zero attached hydrogens (tertiary/aromatic N) is 2. The van der Waals surface area contributed by atoms with Gasteiger partial charge in [0.25, 0.3) is 0 Å². The molecule has 0 aromatic heterocycles. The number of guanidine groups is 1. The van der Waals surface area contributed by atoms with E-state index >= 15 is 0 Å². The van der Waals surface area contributed by atoms with Gasteiger partial charge in [0.15, 0.2) is 15.8 Å². The number of likely N-dealkylation sites (tertiary alicyclic amines) is 1. The third-order valence-corrected chi connectivity index (χ3v) is 5.76. The van der Waals surface area contributed by atoms with Gasteiger partial charge in [0.2, 0.25) is 0 Å². The Hall–Kier alpha value is -1.60. The molecule has 0 radical (unpaired) electrons. The molecule has 24 heavy (non-hydrogen) atoms. The van der Waals surface area contributed by atoms with E-state index in [1.807, 2.05) is 19.1 Å². The highest BCUT2D eigenvalue weighted by molar-refractivity contribution is 7.90. The molecule has 0 aliphatic carbocycles. The molecule has 0 saturated carbocycles. The van der Waals surface area contributed by atoms with E-state index in [-0.39, 0.29) is 0 Å². The molecule has 2 rings (SSSR count). The predicted molar refractivity (Wildman–Crippen MR) is 98.1 cm³/mol. The topological polar surface area (TPSA) is 73.8 Å². The van der Waals surface area contributed by atoms with Gasteiger partial charge in [0.05, 0.1) is 4.90 Å². The van der Waals surface area contributed by atoms with E-state index in [9.17, 15) is 8.42 Å². The van der Waals surface area contributed by atoms with E-state index in [1.54, 1.807) is 13.1 Å². The van der Waals surface area contributed by atoms with Crippen molar-refractivity contribution in [1.82, 2.24) is 15.5 Å². The normalized spacial score (nSPS) is 19.5. The molecule has 0 amide bonds. The minimum absolute atomic E-state index is 0.387. The van der Waals surface area contributed by atoms with Crippen LogP contribution in [0.1, 0.15) is 24.0 Å². The molecule has 1 aromatic rings. The Morgan fingerprint density at radius 2 is 2.12 bits per heavy atom. The Balaban J connectivity index is 1.90. The van der Waals surface area contributed by atoms with Crippen molar-refractivity contribution in [3.8, 4) is 0 Å². The lowest BCUT2D eigenvalue weighted by Gasteiger charge is -2.21. The van der Waals surface area contributed by atoms with Gasteiger partial charge in [-0.05, 0) is 50.6 Å². The maximum atomic E-state index is 11.7. The number of nitrogens with one attached hydrogen (secondary N) is 2. The number of benzene rings is 1. The smallest absolute Gasteiger partial charge is 0.191 e. The minimum atomic E-state index is -3.17. The van der Waals surface area contributed by atoms with Gasteiger partial charge in [-0.3, -0.25) is 4.99 Å². The molecule has 1 saturated heterocycles. The summed E-state index contributed by atoms with van der Waals surface area (Å²) in [7, 11) is 0.739. The molecule has 1 aromatic carbocycles. The van der Waals surface area contributed by atoms with Crippen LogP contribution in [-0.2, 0) is 16.4 Å². The monoisotopic (exact) mass is 352 g/mol. The van der Waals surface area contributed by atoms with E-state index in [0.717, 1.165) is 30.2 Å². The lowest BCUT2D eigenvalue weighted by Crippen LogP contribution is -2.43. The van der Waals surface area contributed by atoms with Crippen molar-refractivity contribution < 1.29 is 8.42 Å². The lowest BCUT2D eigenvalue weighted by molar-refractivity contribution is 0.309. The summed E-state index contributed by atoms with van der Waals surface area (Å²) in [6.07, 6.45) is 3.70. The number of aryl methyl sites for hydroxylation is 1. The third-order valence-electron chi connectivity index (χ3n) is 4.50. The molecule has 1 fully saturated rings. The largest absolute Gasteiger partial charge is 0.355 e. The van der Waals surface area contributed by atoms with Gasteiger partial charge in [-0.1, -0.05) is 12.1 Å². The second-order valence-electron chi connectivity index (χ2n) is 6.46. The van der Waals surface area contributed by atoms with Gasteiger partial charge >= 0.3 is 0 Å². The highest BCUT2D eigenvalue weighted by Gasteiger charge is 2.20. The van der Waals surface area contributed by atoms with Crippen LogP contribution < -0.4 is 10.6 Å². The predicted octanol–water partition coefficient (Wildman–Crippen LogP) is 1.16. The molecular weight excluding hydrogens is 324 g/mol. The van der Waals surface area contributed by atoms with Crippen LogP contribution >= 0.6 is 0 Å². The van der Waals surface area contributed by atoms with Crippen LogP contribution in [0.4, 0.5) is 0 Å². The molecule has 134 valence electrons. The summed E-state index contributed by atoms with van der Waals surface area (Å²) in [4.78, 5) is 7.00. The maximum absolute atomic E-state index is 11.7. The molecule has 1 atom stereocenters. The van der Waals surface area contributed by atoms with Crippen molar-refractivity contribution in [2.45, 2.75) is 37.2 Å². The lowest BCUT2D eigenvalue weighted by atomic mass is 10.1. The average Bonchev–Trinajstić information content (AvgIpc) is 2.91.